The molecule has 1 amide bonds. The van der Waals surface area contributed by atoms with Gasteiger partial charge in [0, 0.05) is 5.69 Å². The molecule has 0 radical (unpaired) electrons. The van der Waals surface area contributed by atoms with E-state index in [0.29, 0.717) is 0 Å². The lowest BCUT2D eigenvalue weighted by atomic mass is 9.82. The van der Waals surface area contributed by atoms with Gasteiger partial charge in [0.15, 0.2) is 0 Å². The lowest BCUT2D eigenvalue weighted by Gasteiger charge is -2.24. The molecule has 1 fully saturated rings. The van der Waals surface area contributed by atoms with Gasteiger partial charge in [0.2, 0.25) is 5.91 Å². The normalized spacial score (nSPS) is 29.6. The average Bonchev–Trinajstić information content (AvgIpc) is 3.03. The van der Waals surface area contributed by atoms with E-state index in [0.717, 1.165) is 23.2 Å². The van der Waals surface area contributed by atoms with E-state index in [4.69, 9.17) is 0 Å². The number of carboxylic acid groups (broad SMARTS) is 1. The van der Waals surface area contributed by atoms with Crippen LogP contribution in [-0.4, -0.2) is 17.0 Å². The second kappa shape index (κ2) is 5.02. The molecule has 2 bridgehead atoms. The van der Waals surface area contributed by atoms with Gasteiger partial charge in [0.05, 0.1) is 11.8 Å². The van der Waals surface area contributed by atoms with Crippen LogP contribution >= 0.6 is 0 Å². The van der Waals surface area contributed by atoms with Crippen molar-refractivity contribution in [1.82, 2.24) is 0 Å². The van der Waals surface area contributed by atoms with Crippen molar-refractivity contribution in [3.05, 3.63) is 41.5 Å². The summed E-state index contributed by atoms with van der Waals surface area (Å²) in [6.07, 6.45) is 4.73. The summed E-state index contributed by atoms with van der Waals surface area (Å²) in [5.74, 6) is -2.04. The van der Waals surface area contributed by atoms with Gasteiger partial charge in [-0.2, -0.15) is 0 Å². The topological polar surface area (TPSA) is 66.4 Å². The maximum Gasteiger partial charge on any atom is 0.307 e. The molecule has 0 unspecified atom stereocenters. The Kier molecular flexibility index (Phi) is 3.32. The lowest BCUT2D eigenvalue weighted by molar-refractivity contribution is -0.146. The van der Waals surface area contributed by atoms with Crippen molar-refractivity contribution in [2.75, 3.05) is 5.32 Å². The van der Waals surface area contributed by atoms with Gasteiger partial charge < -0.3 is 10.4 Å². The van der Waals surface area contributed by atoms with Crippen molar-refractivity contribution < 1.29 is 14.7 Å². The number of carbonyl (C=O) groups is 2. The lowest BCUT2D eigenvalue weighted by Crippen LogP contribution is -2.36. The molecule has 2 aliphatic rings. The number of aliphatic carboxylic acids is 1. The van der Waals surface area contributed by atoms with E-state index in [2.05, 4.69) is 5.32 Å². The highest BCUT2D eigenvalue weighted by molar-refractivity contribution is 5.97. The Bertz CT molecular complexity index is 635. The number of fused-ring (bicyclic) bond motifs is 2. The van der Waals surface area contributed by atoms with Crippen molar-refractivity contribution in [3.63, 3.8) is 0 Å². The number of hydrogen-bond acceptors (Lipinski definition) is 2. The zero-order valence-corrected chi connectivity index (χ0v) is 12.2. The summed E-state index contributed by atoms with van der Waals surface area (Å²) in [4.78, 5) is 24.0. The first-order chi connectivity index (χ1) is 9.97. The van der Waals surface area contributed by atoms with Crippen LogP contribution < -0.4 is 5.32 Å². The van der Waals surface area contributed by atoms with Gasteiger partial charge >= 0.3 is 5.97 Å². The first-order valence-electron chi connectivity index (χ1n) is 7.26. The Hall–Kier alpha value is -2.10. The molecule has 3 rings (SSSR count). The van der Waals surface area contributed by atoms with Crippen LogP contribution in [0.25, 0.3) is 0 Å². The van der Waals surface area contributed by atoms with Crippen molar-refractivity contribution in [2.45, 2.75) is 20.3 Å². The number of hydrogen-bond donors (Lipinski definition) is 2. The van der Waals surface area contributed by atoms with Gasteiger partial charge in [-0.25, -0.2) is 0 Å². The third kappa shape index (κ3) is 2.35. The maximum atomic E-state index is 12.6. The Labute approximate surface area is 123 Å². The molecule has 0 aliphatic heterocycles. The highest BCUT2D eigenvalue weighted by Gasteiger charge is 2.51. The van der Waals surface area contributed by atoms with Crippen molar-refractivity contribution >= 4 is 17.6 Å². The molecule has 0 saturated heterocycles. The van der Waals surface area contributed by atoms with E-state index in [-0.39, 0.29) is 17.7 Å². The molecular formula is C17H19NO3. The minimum Gasteiger partial charge on any atom is -0.481 e. The average molecular weight is 285 g/mol. The Morgan fingerprint density at radius 1 is 1.14 bits per heavy atom. The SMILES string of the molecule is Cc1ccc(C)c(NC(=O)[C@H]2[C@@H](C(=O)O)[C@H]3C=C[C@H]2C3)c1. The summed E-state index contributed by atoms with van der Waals surface area (Å²) in [5.41, 5.74) is 2.83. The molecule has 110 valence electrons. The fraction of sp³-hybridized carbons (Fsp3) is 0.412. The number of benzene rings is 1. The Balaban J connectivity index is 1.83. The van der Waals surface area contributed by atoms with Gasteiger partial charge in [-0.3, -0.25) is 9.59 Å². The number of rotatable bonds is 3. The molecule has 4 nitrogen and oxygen atoms in total. The molecular weight excluding hydrogens is 266 g/mol. The second-order valence-electron chi connectivity index (χ2n) is 6.15. The first kappa shape index (κ1) is 13.9. The van der Waals surface area contributed by atoms with Crippen LogP contribution in [-0.2, 0) is 9.59 Å². The highest BCUT2D eigenvalue weighted by Crippen LogP contribution is 2.48. The monoisotopic (exact) mass is 285 g/mol. The van der Waals surface area contributed by atoms with E-state index in [1.807, 2.05) is 44.2 Å². The second-order valence-corrected chi connectivity index (χ2v) is 6.15. The molecule has 2 aliphatic carbocycles. The highest BCUT2D eigenvalue weighted by atomic mass is 16.4. The summed E-state index contributed by atoms with van der Waals surface area (Å²) in [6, 6.07) is 5.87. The molecule has 2 N–H and O–H groups in total. The predicted octanol–water partition coefficient (Wildman–Crippen LogP) is 2.76. The third-order valence-corrected chi connectivity index (χ3v) is 4.70. The summed E-state index contributed by atoms with van der Waals surface area (Å²) in [6.45, 7) is 3.90. The van der Waals surface area contributed by atoms with Gasteiger partial charge in [0.1, 0.15) is 0 Å². The van der Waals surface area contributed by atoms with Crippen LogP contribution in [0.5, 0.6) is 0 Å². The van der Waals surface area contributed by atoms with Crippen molar-refractivity contribution in [3.8, 4) is 0 Å². The fourth-order valence-corrected chi connectivity index (χ4v) is 3.60. The van der Waals surface area contributed by atoms with Crippen molar-refractivity contribution in [2.24, 2.45) is 23.7 Å². The number of nitrogens with one attached hydrogen (secondary N) is 1. The molecule has 1 aromatic carbocycles. The molecule has 4 atom stereocenters. The molecule has 1 aromatic rings. The van der Waals surface area contributed by atoms with Gasteiger partial charge in [-0.15, -0.1) is 0 Å². The summed E-state index contributed by atoms with van der Waals surface area (Å²) < 4.78 is 0. The largest absolute Gasteiger partial charge is 0.481 e. The Morgan fingerprint density at radius 2 is 1.81 bits per heavy atom. The summed E-state index contributed by atoms with van der Waals surface area (Å²) >= 11 is 0. The van der Waals surface area contributed by atoms with Crippen LogP contribution in [0.15, 0.2) is 30.4 Å². The van der Waals surface area contributed by atoms with Crippen LogP contribution in [0, 0.1) is 37.5 Å². The fourth-order valence-electron chi connectivity index (χ4n) is 3.60. The van der Waals surface area contributed by atoms with Crippen LogP contribution in [0.3, 0.4) is 0 Å². The molecule has 21 heavy (non-hydrogen) atoms. The molecule has 0 heterocycles. The molecule has 4 heteroatoms. The number of amides is 1. The summed E-state index contributed by atoms with van der Waals surface area (Å²) in [5, 5.41) is 12.3. The van der Waals surface area contributed by atoms with E-state index < -0.39 is 17.8 Å². The third-order valence-electron chi connectivity index (χ3n) is 4.70. The molecule has 0 spiro atoms. The quantitative estimate of drug-likeness (QED) is 0.839. The maximum absolute atomic E-state index is 12.6. The standard InChI is InChI=1S/C17H19NO3/c1-9-3-4-10(2)13(7-9)18-16(19)14-11-5-6-12(8-11)15(14)17(20)21/h3-7,11-12,14-15H,8H2,1-2H3,(H,18,19)(H,20,21)/t11-,12-,14+,15-/m0/s1. The van der Waals surface area contributed by atoms with Crippen LogP contribution in [0.1, 0.15) is 17.5 Å². The molecule has 1 saturated carbocycles. The number of carboxylic acids is 1. The zero-order valence-electron chi connectivity index (χ0n) is 12.2. The van der Waals surface area contributed by atoms with Gasteiger partial charge in [0.25, 0.3) is 0 Å². The number of aryl methyl sites for hydroxylation is 2. The van der Waals surface area contributed by atoms with Crippen LogP contribution in [0.4, 0.5) is 5.69 Å². The van der Waals surface area contributed by atoms with E-state index in [9.17, 15) is 14.7 Å². The number of anilines is 1. The minimum atomic E-state index is -0.868. The number of carbonyl (C=O) groups excluding carboxylic acids is 1. The summed E-state index contributed by atoms with van der Waals surface area (Å²) in [7, 11) is 0. The van der Waals surface area contributed by atoms with Gasteiger partial charge in [-0.05, 0) is 49.3 Å². The zero-order chi connectivity index (χ0) is 15.1. The van der Waals surface area contributed by atoms with Crippen molar-refractivity contribution in [1.29, 1.82) is 0 Å². The number of allylic oxidation sites excluding steroid dienone is 2. The van der Waals surface area contributed by atoms with E-state index in [1.54, 1.807) is 0 Å². The Morgan fingerprint density at radius 3 is 2.48 bits per heavy atom. The minimum absolute atomic E-state index is 0.00172. The van der Waals surface area contributed by atoms with E-state index >= 15 is 0 Å². The molecule has 0 aromatic heterocycles. The predicted molar refractivity (Wildman–Crippen MR) is 79.9 cm³/mol. The van der Waals surface area contributed by atoms with E-state index in [1.165, 1.54) is 0 Å². The van der Waals surface area contributed by atoms with Gasteiger partial charge in [-0.1, -0.05) is 24.3 Å². The smallest absolute Gasteiger partial charge is 0.307 e. The first-order valence-corrected chi connectivity index (χ1v) is 7.26. The van der Waals surface area contributed by atoms with Crippen LogP contribution in [0.2, 0.25) is 0 Å².